The fourth-order valence-corrected chi connectivity index (χ4v) is 2.15. The predicted molar refractivity (Wildman–Crippen MR) is 82.8 cm³/mol. The number of anilines is 1. The molecular weight excluding hydrogens is 292 g/mol. The molecule has 1 rings (SSSR count). The van der Waals surface area contributed by atoms with Gasteiger partial charge in [0, 0.05) is 25.8 Å². The molecule has 1 amide bonds. The van der Waals surface area contributed by atoms with Crippen LogP contribution < -0.4 is 15.4 Å². The second-order valence-corrected chi connectivity index (χ2v) is 6.46. The Morgan fingerprint density at radius 3 is 2.71 bits per heavy atom. The van der Waals surface area contributed by atoms with Crippen LogP contribution in [0.4, 0.5) is 5.69 Å². The van der Waals surface area contributed by atoms with Crippen LogP contribution in [0.2, 0.25) is 0 Å². The van der Waals surface area contributed by atoms with Gasteiger partial charge in [0.05, 0.1) is 23.7 Å². The number of carbonyl (C=O) groups excluding carboxylic acids is 1. The second kappa shape index (κ2) is 8.58. The Bertz CT molecular complexity index is 560. The molecule has 0 atom stereocenters. The van der Waals surface area contributed by atoms with Gasteiger partial charge in [0.2, 0.25) is 10.0 Å². The summed E-state index contributed by atoms with van der Waals surface area (Å²) in [7, 11) is -3.17. The number of amides is 1. The van der Waals surface area contributed by atoms with Gasteiger partial charge in [-0.15, -0.1) is 0 Å². The lowest BCUT2D eigenvalue weighted by Gasteiger charge is -2.11. The van der Waals surface area contributed by atoms with Crippen LogP contribution in [-0.4, -0.2) is 45.2 Å². The second-order valence-electron chi connectivity index (χ2n) is 4.62. The molecule has 0 radical (unpaired) electrons. The number of nitrogens with zero attached hydrogens (tertiary/aromatic N) is 1. The number of hydrogen-bond donors (Lipinski definition) is 3. The van der Waals surface area contributed by atoms with E-state index in [1.54, 1.807) is 18.5 Å². The molecule has 21 heavy (non-hydrogen) atoms. The fourth-order valence-electron chi connectivity index (χ4n) is 1.64. The first-order valence-electron chi connectivity index (χ1n) is 6.84. The molecule has 0 fully saturated rings. The molecule has 7 nitrogen and oxygen atoms in total. The summed E-state index contributed by atoms with van der Waals surface area (Å²) in [6, 6.07) is 1.65. The topological polar surface area (TPSA) is 100 Å². The molecular formula is C13H22N4O3S. The highest BCUT2D eigenvalue weighted by atomic mass is 32.2. The third-order valence-electron chi connectivity index (χ3n) is 2.63. The van der Waals surface area contributed by atoms with E-state index in [1.165, 1.54) is 0 Å². The van der Waals surface area contributed by atoms with E-state index in [0.717, 1.165) is 19.2 Å². The SMILES string of the molecule is CCCNc1cnccc1C(=O)NCCCNS(C)(=O)=O. The van der Waals surface area contributed by atoms with E-state index in [2.05, 4.69) is 20.3 Å². The van der Waals surface area contributed by atoms with Crippen LogP contribution >= 0.6 is 0 Å². The smallest absolute Gasteiger partial charge is 0.253 e. The van der Waals surface area contributed by atoms with Crippen LogP contribution in [0.25, 0.3) is 0 Å². The zero-order chi connectivity index (χ0) is 15.7. The summed E-state index contributed by atoms with van der Waals surface area (Å²) >= 11 is 0. The highest BCUT2D eigenvalue weighted by molar-refractivity contribution is 7.88. The summed E-state index contributed by atoms with van der Waals surface area (Å²) in [6.07, 6.45) is 5.77. The number of carbonyl (C=O) groups is 1. The van der Waals surface area contributed by atoms with Gasteiger partial charge in [-0.2, -0.15) is 0 Å². The maximum atomic E-state index is 12.1. The van der Waals surface area contributed by atoms with Crippen molar-refractivity contribution in [1.82, 2.24) is 15.0 Å². The Labute approximate surface area is 125 Å². The molecule has 1 heterocycles. The Kier molecular flexibility index (Phi) is 7.10. The third-order valence-corrected chi connectivity index (χ3v) is 3.36. The monoisotopic (exact) mass is 314 g/mol. The van der Waals surface area contributed by atoms with E-state index < -0.39 is 10.0 Å². The van der Waals surface area contributed by atoms with Crippen molar-refractivity contribution in [2.75, 3.05) is 31.2 Å². The highest BCUT2D eigenvalue weighted by Crippen LogP contribution is 2.13. The minimum Gasteiger partial charge on any atom is -0.383 e. The van der Waals surface area contributed by atoms with Crippen molar-refractivity contribution < 1.29 is 13.2 Å². The molecule has 0 aliphatic rings. The first-order valence-corrected chi connectivity index (χ1v) is 8.74. The van der Waals surface area contributed by atoms with Gasteiger partial charge in [0.15, 0.2) is 0 Å². The third kappa shape index (κ3) is 7.05. The van der Waals surface area contributed by atoms with Crippen molar-refractivity contribution in [3.8, 4) is 0 Å². The van der Waals surface area contributed by atoms with Gasteiger partial charge in [0.1, 0.15) is 0 Å². The van der Waals surface area contributed by atoms with Gasteiger partial charge in [-0.25, -0.2) is 13.1 Å². The maximum Gasteiger partial charge on any atom is 0.253 e. The van der Waals surface area contributed by atoms with E-state index in [4.69, 9.17) is 0 Å². The Hall–Kier alpha value is -1.67. The zero-order valence-corrected chi connectivity index (χ0v) is 13.2. The number of rotatable bonds is 9. The largest absolute Gasteiger partial charge is 0.383 e. The summed E-state index contributed by atoms with van der Waals surface area (Å²) in [6.45, 7) is 3.51. The van der Waals surface area contributed by atoms with E-state index in [-0.39, 0.29) is 5.91 Å². The van der Waals surface area contributed by atoms with Crippen LogP contribution in [0.5, 0.6) is 0 Å². The molecule has 0 aliphatic carbocycles. The Balaban J connectivity index is 2.45. The maximum absolute atomic E-state index is 12.1. The summed E-state index contributed by atoms with van der Waals surface area (Å²) in [5, 5.41) is 5.91. The van der Waals surface area contributed by atoms with Crippen LogP contribution in [0.3, 0.4) is 0 Å². The average Bonchev–Trinajstić information content (AvgIpc) is 2.43. The number of nitrogens with one attached hydrogen (secondary N) is 3. The molecule has 0 aliphatic heterocycles. The predicted octanol–water partition coefficient (Wildman–Crippen LogP) is 0.573. The molecule has 8 heteroatoms. The summed E-state index contributed by atoms with van der Waals surface area (Å²) in [5.74, 6) is -0.199. The lowest BCUT2D eigenvalue weighted by molar-refractivity contribution is 0.0954. The van der Waals surface area contributed by atoms with Gasteiger partial charge in [-0.05, 0) is 18.9 Å². The first kappa shape index (κ1) is 17.4. The number of sulfonamides is 1. The molecule has 0 spiro atoms. The van der Waals surface area contributed by atoms with Crippen LogP contribution in [-0.2, 0) is 10.0 Å². The van der Waals surface area contributed by atoms with Gasteiger partial charge in [-0.3, -0.25) is 9.78 Å². The van der Waals surface area contributed by atoms with Gasteiger partial charge in [-0.1, -0.05) is 6.92 Å². The van der Waals surface area contributed by atoms with Crippen molar-refractivity contribution in [2.45, 2.75) is 19.8 Å². The summed E-state index contributed by atoms with van der Waals surface area (Å²) in [4.78, 5) is 16.1. The van der Waals surface area contributed by atoms with Crippen molar-refractivity contribution >= 4 is 21.6 Å². The van der Waals surface area contributed by atoms with Crippen molar-refractivity contribution in [2.24, 2.45) is 0 Å². The van der Waals surface area contributed by atoms with E-state index in [9.17, 15) is 13.2 Å². The lowest BCUT2D eigenvalue weighted by Crippen LogP contribution is -2.29. The fraction of sp³-hybridized carbons (Fsp3) is 0.538. The number of pyridine rings is 1. The molecule has 0 aromatic carbocycles. The van der Waals surface area contributed by atoms with E-state index in [1.807, 2.05) is 6.92 Å². The molecule has 0 bridgehead atoms. The van der Waals surface area contributed by atoms with Crippen LogP contribution in [0.1, 0.15) is 30.1 Å². The van der Waals surface area contributed by atoms with Gasteiger partial charge >= 0.3 is 0 Å². The Morgan fingerprint density at radius 1 is 1.29 bits per heavy atom. The summed E-state index contributed by atoms with van der Waals surface area (Å²) in [5.41, 5.74) is 1.24. The van der Waals surface area contributed by atoms with Crippen molar-refractivity contribution in [3.05, 3.63) is 24.0 Å². The molecule has 118 valence electrons. The molecule has 0 unspecified atom stereocenters. The average molecular weight is 314 g/mol. The lowest BCUT2D eigenvalue weighted by atomic mass is 10.2. The normalized spacial score (nSPS) is 11.1. The molecule has 1 aromatic rings. The molecule has 0 saturated carbocycles. The minimum absolute atomic E-state index is 0.199. The molecule has 1 aromatic heterocycles. The van der Waals surface area contributed by atoms with Crippen LogP contribution in [0.15, 0.2) is 18.5 Å². The number of aromatic nitrogens is 1. The van der Waals surface area contributed by atoms with Gasteiger partial charge in [0.25, 0.3) is 5.91 Å². The van der Waals surface area contributed by atoms with Crippen LogP contribution in [0, 0.1) is 0 Å². The zero-order valence-electron chi connectivity index (χ0n) is 12.3. The van der Waals surface area contributed by atoms with Gasteiger partial charge < -0.3 is 10.6 Å². The van der Waals surface area contributed by atoms with Crippen molar-refractivity contribution in [1.29, 1.82) is 0 Å². The standard InChI is InChI=1S/C13H22N4O3S/c1-3-6-15-12-10-14-9-5-11(12)13(18)16-7-4-8-17-21(2,19)20/h5,9-10,15,17H,3-4,6-8H2,1-2H3,(H,16,18). The molecule has 3 N–H and O–H groups in total. The minimum atomic E-state index is -3.17. The van der Waals surface area contributed by atoms with Crippen molar-refractivity contribution in [3.63, 3.8) is 0 Å². The highest BCUT2D eigenvalue weighted by Gasteiger charge is 2.10. The summed E-state index contributed by atoms with van der Waals surface area (Å²) < 4.78 is 24.1. The van der Waals surface area contributed by atoms with E-state index in [0.29, 0.717) is 30.8 Å². The quantitative estimate of drug-likeness (QED) is 0.579. The molecule has 0 saturated heterocycles. The van der Waals surface area contributed by atoms with E-state index >= 15 is 0 Å². The Morgan fingerprint density at radius 2 is 2.05 bits per heavy atom. The first-order chi connectivity index (χ1) is 9.94. The number of hydrogen-bond acceptors (Lipinski definition) is 5.